The van der Waals surface area contributed by atoms with E-state index in [2.05, 4.69) is 17.1 Å². The molecule has 0 spiro atoms. The molecule has 1 aliphatic heterocycles. The molecule has 0 bridgehead atoms. The Balaban J connectivity index is 1.66. The molecule has 4 nitrogen and oxygen atoms in total. The van der Waals surface area contributed by atoms with Gasteiger partial charge in [-0.1, -0.05) is 19.1 Å². The molecule has 1 aromatic carbocycles. The van der Waals surface area contributed by atoms with Gasteiger partial charge in [-0.3, -0.25) is 9.69 Å². The van der Waals surface area contributed by atoms with E-state index in [-0.39, 0.29) is 18.6 Å². The van der Waals surface area contributed by atoms with Gasteiger partial charge in [0.2, 0.25) is 0 Å². The van der Waals surface area contributed by atoms with Crippen molar-refractivity contribution in [3.8, 4) is 0 Å². The Hall–Kier alpha value is -1.60. The van der Waals surface area contributed by atoms with Crippen LogP contribution in [-0.2, 0) is 11.3 Å². The molecule has 1 N–H and O–H groups in total. The third kappa shape index (κ3) is 3.98. The van der Waals surface area contributed by atoms with E-state index in [0.29, 0.717) is 6.04 Å². The summed E-state index contributed by atoms with van der Waals surface area (Å²) >= 11 is 0. The van der Waals surface area contributed by atoms with Gasteiger partial charge in [-0.2, -0.15) is 13.2 Å². The van der Waals surface area contributed by atoms with Crippen LogP contribution in [-0.4, -0.2) is 48.3 Å². The lowest BCUT2D eigenvalue weighted by molar-refractivity contribution is -0.192. The van der Waals surface area contributed by atoms with Crippen LogP contribution in [0.15, 0.2) is 24.3 Å². The zero-order valence-corrected chi connectivity index (χ0v) is 14.2. The number of rotatable bonds is 6. The second-order valence-electron chi connectivity index (χ2n) is 6.83. The molecule has 1 aliphatic carbocycles. The van der Waals surface area contributed by atoms with Crippen molar-refractivity contribution in [2.75, 3.05) is 19.8 Å². The van der Waals surface area contributed by atoms with Crippen LogP contribution in [0, 0.1) is 0 Å². The second kappa shape index (κ2) is 6.96. The largest absolute Gasteiger partial charge is 0.413 e. The van der Waals surface area contributed by atoms with Crippen LogP contribution >= 0.6 is 0 Å². The van der Waals surface area contributed by atoms with E-state index in [1.165, 1.54) is 12.8 Å². The fraction of sp³-hybridized carbons (Fsp3) is 0.611. The molecular weight excluding hydrogens is 333 g/mol. The first-order valence-corrected chi connectivity index (χ1v) is 8.64. The van der Waals surface area contributed by atoms with E-state index >= 15 is 0 Å². The van der Waals surface area contributed by atoms with Crippen molar-refractivity contribution in [2.45, 2.75) is 50.5 Å². The molecule has 7 heteroatoms. The summed E-state index contributed by atoms with van der Waals surface area (Å²) in [6.07, 6.45) is -2.36. The van der Waals surface area contributed by atoms with Crippen molar-refractivity contribution < 1.29 is 22.7 Å². The van der Waals surface area contributed by atoms with E-state index in [9.17, 15) is 18.0 Å². The van der Waals surface area contributed by atoms with Crippen molar-refractivity contribution in [2.24, 2.45) is 0 Å². The summed E-state index contributed by atoms with van der Waals surface area (Å²) in [5, 5.41) is 2.15. The Morgan fingerprint density at radius 1 is 1.32 bits per heavy atom. The SMILES string of the molecule is CCN(Cc1ccc(C(=O)NC2(C(F)(F)F)CCOC2)cc1)C1CC1. The van der Waals surface area contributed by atoms with Gasteiger partial charge in [0.15, 0.2) is 5.54 Å². The fourth-order valence-electron chi connectivity index (χ4n) is 3.18. The van der Waals surface area contributed by atoms with Crippen LogP contribution < -0.4 is 5.32 Å². The predicted molar refractivity (Wildman–Crippen MR) is 87.2 cm³/mol. The molecule has 25 heavy (non-hydrogen) atoms. The minimum atomic E-state index is -4.54. The van der Waals surface area contributed by atoms with Gasteiger partial charge in [0.1, 0.15) is 0 Å². The minimum absolute atomic E-state index is 0.00720. The maximum absolute atomic E-state index is 13.3. The van der Waals surface area contributed by atoms with E-state index in [0.717, 1.165) is 18.7 Å². The lowest BCUT2D eigenvalue weighted by Gasteiger charge is -2.31. The smallest absolute Gasteiger partial charge is 0.379 e. The molecule has 1 saturated carbocycles. The molecule has 2 fully saturated rings. The standard InChI is InChI=1S/C18H23F3N2O2/c1-2-23(15-7-8-15)11-13-3-5-14(6-4-13)16(24)22-17(18(19,20)21)9-10-25-12-17/h3-6,15H,2,7-12H2,1H3,(H,22,24). The highest BCUT2D eigenvalue weighted by Gasteiger charge is 2.58. The molecule has 1 unspecified atom stereocenters. The van der Waals surface area contributed by atoms with Crippen molar-refractivity contribution in [3.05, 3.63) is 35.4 Å². The Kier molecular flexibility index (Phi) is 5.06. The molecular formula is C18H23F3N2O2. The van der Waals surface area contributed by atoms with E-state index < -0.39 is 24.2 Å². The normalized spacial score (nSPS) is 23.9. The molecule has 2 aliphatic rings. The van der Waals surface area contributed by atoms with Gasteiger partial charge in [0.05, 0.1) is 6.61 Å². The molecule has 0 aromatic heterocycles. The highest BCUT2D eigenvalue weighted by molar-refractivity contribution is 5.94. The van der Waals surface area contributed by atoms with Crippen LogP contribution in [0.3, 0.4) is 0 Å². The Labute approximate surface area is 145 Å². The fourth-order valence-corrected chi connectivity index (χ4v) is 3.18. The molecule has 1 aromatic rings. The van der Waals surface area contributed by atoms with E-state index in [1.54, 1.807) is 12.1 Å². The van der Waals surface area contributed by atoms with Gasteiger partial charge in [-0.25, -0.2) is 0 Å². The molecule has 0 radical (unpaired) electrons. The third-order valence-corrected chi connectivity index (χ3v) is 4.99. The molecule has 1 atom stereocenters. The summed E-state index contributed by atoms with van der Waals surface area (Å²) in [6, 6.07) is 7.44. The van der Waals surface area contributed by atoms with Crippen LogP contribution in [0.1, 0.15) is 42.1 Å². The minimum Gasteiger partial charge on any atom is -0.379 e. The van der Waals surface area contributed by atoms with Gasteiger partial charge in [0, 0.05) is 31.2 Å². The number of benzene rings is 1. The predicted octanol–water partition coefficient (Wildman–Crippen LogP) is 3.12. The number of hydrogen-bond acceptors (Lipinski definition) is 3. The Morgan fingerprint density at radius 2 is 2.00 bits per heavy atom. The summed E-state index contributed by atoms with van der Waals surface area (Å²) in [7, 11) is 0. The number of hydrogen-bond donors (Lipinski definition) is 1. The average molecular weight is 356 g/mol. The zero-order valence-electron chi connectivity index (χ0n) is 14.2. The Morgan fingerprint density at radius 3 is 2.48 bits per heavy atom. The van der Waals surface area contributed by atoms with Gasteiger partial charge in [0.25, 0.3) is 5.91 Å². The highest BCUT2D eigenvalue weighted by Crippen LogP contribution is 2.37. The molecule has 1 saturated heterocycles. The van der Waals surface area contributed by atoms with Crippen LogP contribution in [0.2, 0.25) is 0 Å². The van der Waals surface area contributed by atoms with Crippen molar-refractivity contribution >= 4 is 5.91 Å². The maximum Gasteiger partial charge on any atom is 0.413 e. The first-order chi connectivity index (χ1) is 11.8. The van der Waals surface area contributed by atoms with Crippen LogP contribution in [0.4, 0.5) is 13.2 Å². The molecule has 1 amide bonds. The average Bonchev–Trinajstić information content (AvgIpc) is 3.30. The van der Waals surface area contributed by atoms with Crippen LogP contribution in [0.25, 0.3) is 0 Å². The molecule has 138 valence electrons. The molecule has 1 heterocycles. The quantitative estimate of drug-likeness (QED) is 0.852. The van der Waals surface area contributed by atoms with Gasteiger partial charge < -0.3 is 10.1 Å². The number of carbonyl (C=O) groups is 1. The summed E-state index contributed by atoms with van der Waals surface area (Å²) in [6.45, 7) is 3.32. The maximum atomic E-state index is 13.3. The van der Waals surface area contributed by atoms with Crippen molar-refractivity contribution in [1.29, 1.82) is 0 Å². The van der Waals surface area contributed by atoms with E-state index in [4.69, 9.17) is 4.74 Å². The number of nitrogens with zero attached hydrogens (tertiary/aromatic N) is 1. The topological polar surface area (TPSA) is 41.6 Å². The van der Waals surface area contributed by atoms with Crippen molar-refractivity contribution in [1.82, 2.24) is 10.2 Å². The summed E-state index contributed by atoms with van der Waals surface area (Å²) in [5.41, 5.74) is -0.998. The second-order valence-corrected chi connectivity index (χ2v) is 6.83. The third-order valence-electron chi connectivity index (χ3n) is 4.99. The number of nitrogens with one attached hydrogen (secondary N) is 1. The summed E-state index contributed by atoms with van der Waals surface area (Å²) in [4.78, 5) is 14.6. The summed E-state index contributed by atoms with van der Waals surface area (Å²) in [5.74, 6) is -0.719. The number of amides is 1. The van der Waals surface area contributed by atoms with Gasteiger partial charge >= 0.3 is 6.18 Å². The first kappa shape index (κ1) is 18.2. The Bertz CT molecular complexity index is 606. The first-order valence-electron chi connectivity index (χ1n) is 8.64. The monoisotopic (exact) mass is 356 g/mol. The number of alkyl halides is 3. The van der Waals surface area contributed by atoms with E-state index in [1.807, 2.05) is 12.1 Å². The van der Waals surface area contributed by atoms with Gasteiger partial charge in [-0.15, -0.1) is 0 Å². The lowest BCUT2D eigenvalue weighted by Crippen LogP contribution is -2.59. The van der Waals surface area contributed by atoms with Gasteiger partial charge in [-0.05, 0) is 37.1 Å². The van der Waals surface area contributed by atoms with Crippen LogP contribution in [0.5, 0.6) is 0 Å². The highest BCUT2D eigenvalue weighted by atomic mass is 19.4. The molecule has 3 rings (SSSR count). The number of carbonyl (C=O) groups excluding carboxylic acids is 1. The number of ether oxygens (including phenoxy) is 1. The lowest BCUT2D eigenvalue weighted by atomic mass is 9.97. The summed E-state index contributed by atoms with van der Waals surface area (Å²) < 4.78 is 44.8. The zero-order chi connectivity index (χ0) is 18.1. The van der Waals surface area contributed by atoms with Crippen molar-refractivity contribution in [3.63, 3.8) is 0 Å². The number of halogens is 3.